The summed E-state index contributed by atoms with van der Waals surface area (Å²) in [6.45, 7) is 2.03. The fourth-order valence-electron chi connectivity index (χ4n) is 1.90. The highest BCUT2D eigenvalue weighted by Crippen LogP contribution is 2.35. The third kappa shape index (κ3) is 2.44. The van der Waals surface area contributed by atoms with Crippen LogP contribution in [0.5, 0.6) is 0 Å². The van der Waals surface area contributed by atoms with Gasteiger partial charge in [-0.3, -0.25) is 9.79 Å². The molecule has 1 aliphatic heterocycles. The molecule has 0 aliphatic carbocycles. The van der Waals surface area contributed by atoms with Crippen LogP contribution in [0.25, 0.3) is 0 Å². The predicted octanol–water partition coefficient (Wildman–Crippen LogP) is 1.45. The van der Waals surface area contributed by atoms with Gasteiger partial charge in [-0.25, -0.2) is 0 Å². The smallest absolute Gasteiger partial charge is 0.248 e. The third-order valence-electron chi connectivity index (χ3n) is 2.96. The number of aliphatic imine (C=N–C) groups is 1. The molecule has 1 amide bonds. The highest BCUT2D eigenvalue weighted by Gasteiger charge is 2.29. The van der Waals surface area contributed by atoms with E-state index in [1.165, 1.54) is 0 Å². The molecule has 90 valence electrons. The van der Waals surface area contributed by atoms with Crippen molar-refractivity contribution >= 4 is 22.8 Å². The second-order valence-corrected chi connectivity index (χ2v) is 5.38. The van der Waals surface area contributed by atoms with E-state index in [-0.39, 0.29) is 5.54 Å². The fourth-order valence-corrected chi connectivity index (χ4v) is 2.88. The van der Waals surface area contributed by atoms with Gasteiger partial charge in [0.25, 0.3) is 0 Å². The molecule has 4 N–H and O–H groups in total. The number of thioether (sulfide) groups is 1. The van der Waals surface area contributed by atoms with Crippen molar-refractivity contribution in [3.8, 4) is 0 Å². The van der Waals surface area contributed by atoms with Crippen molar-refractivity contribution in [2.75, 3.05) is 5.75 Å². The number of nitrogens with two attached hydrogens (primary N) is 2. The lowest BCUT2D eigenvalue weighted by atomic mass is 9.89. The highest BCUT2D eigenvalue weighted by atomic mass is 32.2. The van der Waals surface area contributed by atoms with E-state index in [1.54, 1.807) is 23.9 Å². The number of primary amides is 1. The first-order chi connectivity index (χ1) is 8.01. The average molecular weight is 249 g/mol. The maximum Gasteiger partial charge on any atom is 0.248 e. The van der Waals surface area contributed by atoms with Crippen LogP contribution in [-0.2, 0) is 5.54 Å². The first-order valence-electron chi connectivity index (χ1n) is 5.40. The minimum Gasteiger partial charge on any atom is -0.379 e. The zero-order valence-electron chi connectivity index (χ0n) is 9.64. The summed E-state index contributed by atoms with van der Waals surface area (Å²) < 4.78 is 0. The maximum absolute atomic E-state index is 11.2. The summed E-state index contributed by atoms with van der Waals surface area (Å²) >= 11 is 1.56. The van der Waals surface area contributed by atoms with Crippen LogP contribution in [0.3, 0.4) is 0 Å². The summed E-state index contributed by atoms with van der Waals surface area (Å²) in [6.07, 6.45) is 0.903. The Labute approximate surface area is 104 Å². The molecule has 0 saturated heterocycles. The molecule has 0 radical (unpaired) electrons. The van der Waals surface area contributed by atoms with Gasteiger partial charge in [0.05, 0.1) is 5.54 Å². The molecule has 4 nitrogen and oxygen atoms in total. The van der Waals surface area contributed by atoms with Gasteiger partial charge in [-0.2, -0.15) is 0 Å². The van der Waals surface area contributed by atoms with E-state index in [4.69, 9.17) is 11.5 Å². The van der Waals surface area contributed by atoms with Gasteiger partial charge in [-0.1, -0.05) is 23.9 Å². The Morgan fingerprint density at radius 3 is 2.94 bits per heavy atom. The van der Waals surface area contributed by atoms with Gasteiger partial charge < -0.3 is 11.5 Å². The van der Waals surface area contributed by atoms with E-state index >= 15 is 0 Å². The van der Waals surface area contributed by atoms with Gasteiger partial charge in [-0.05, 0) is 31.0 Å². The summed E-state index contributed by atoms with van der Waals surface area (Å²) in [5.41, 5.74) is 12.2. The molecule has 0 saturated carbocycles. The monoisotopic (exact) mass is 249 g/mol. The van der Waals surface area contributed by atoms with Crippen molar-refractivity contribution in [3.05, 3.63) is 35.4 Å². The Morgan fingerprint density at radius 1 is 1.53 bits per heavy atom. The maximum atomic E-state index is 11.2. The summed E-state index contributed by atoms with van der Waals surface area (Å²) in [6, 6.07) is 7.29. The molecule has 1 aromatic rings. The third-order valence-corrected chi connectivity index (χ3v) is 3.76. The summed E-state index contributed by atoms with van der Waals surface area (Å²) in [4.78, 5) is 15.7. The van der Waals surface area contributed by atoms with E-state index in [9.17, 15) is 4.79 Å². The molecule has 1 heterocycles. The lowest BCUT2D eigenvalue weighted by Gasteiger charge is -2.29. The fraction of sp³-hybridized carbons (Fsp3) is 0.333. The van der Waals surface area contributed by atoms with Crippen molar-refractivity contribution in [3.63, 3.8) is 0 Å². The van der Waals surface area contributed by atoms with Gasteiger partial charge in [0.15, 0.2) is 5.17 Å². The summed E-state index contributed by atoms with van der Waals surface area (Å²) in [5.74, 6) is 0.518. The van der Waals surface area contributed by atoms with Crippen LogP contribution in [0.4, 0.5) is 0 Å². The lowest BCUT2D eigenvalue weighted by molar-refractivity contribution is 0.1000. The largest absolute Gasteiger partial charge is 0.379 e. The molecule has 1 unspecified atom stereocenters. The molecule has 17 heavy (non-hydrogen) atoms. The van der Waals surface area contributed by atoms with Crippen LogP contribution >= 0.6 is 11.8 Å². The Balaban J connectivity index is 2.42. The average Bonchev–Trinajstić information content (AvgIpc) is 2.29. The molecular formula is C12H15N3OS. The minimum atomic E-state index is -0.419. The number of hydrogen-bond acceptors (Lipinski definition) is 4. The molecular weight excluding hydrogens is 234 g/mol. The van der Waals surface area contributed by atoms with Gasteiger partial charge in [0, 0.05) is 11.3 Å². The number of amidine groups is 1. The second kappa shape index (κ2) is 4.41. The van der Waals surface area contributed by atoms with E-state index < -0.39 is 5.91 Å². The molecule has 5 heteroatoms. The van der Waals surface area contributed by atoms with Crippen LogP contribution in [0.1, 0.15) is 29.3 Å². The molecule has 2 rings (SSSR count). The van der Waals surface area contributed by atoms with E-state index in [1.807, 2.05) is 19.1 Å². The first kappa shape index (κ1) is 12.0. The molecule has 1 atom stereocenters. The lowest BCUT2D eigenvalue weighted by Crippen LogP contribution is -2.29. The van der Waals surface area contributed by atoms with Crippen molar-refractivity contribution in [2.24, 2.45) is 16.5 Å². The molecule has 0 bridgehead atoms. The topological polar surface area (TPSA) is 81.5 Å². The minimum absolute atomic E-state index is 0.346. The summed E-state index contributed by atoms with van der Waals surface area (Å²) in [5, 5.41) is 0.600. The zero-order chi connectivity index (χ0) is 12.5. The van der Waals surface area contributed by atoms with Crippen LogP contribution in [-0.4, -0.2) is 16.8 Å². The highest BCUT2D eigenvalue weighted by molar-refractivity contribution is 8.13. The Bertz CT molecular complexity index is 486. The number of amides is 1. The van der Waals surface area contributed by atoms with Crippen LogP contribution in [0, 0.1) is 0 Å². The van der Waals surface area contributed by atoms with Crippen molar-refractivity contribution < 1.29 is 4.79 Å². The second-order valence-electron chi connectivity index (χ2n) is 4.27. The molecule has 0 spiro atoms. The zero-order valence-corrected chi connectivity index (χ0v) is 10.5. The summed E-state index contributed by atoms with van der Waals surface area (Å²) in [7, 11) is 0. The molecule has 0 fully saturated rings. The number of rotatable bonds is 2. The normalized spacial score (nSPS) is 24.2. The number of carbonyl (C=O) groups is 1. The van der Waals surface area contributed by atoms with E-state index in [0.717, 1.165) is 17.7 Å². The number of carbonyl (C=O) groups excluding carboxylic acids is 1. The van der Waals surface area contributed by atoms with Crippen LogP contribution < -0.4 is 11.5 Å². The van der Waals surface area contributed by atoms with Crippen molar-refractivity contribution in [1.29, 1.82) is 0 Å². The van der Waals surface area contributed by atoms with E-state index in [0.29, 0.717) is 10.7 Å². The Kier molecular flexibility index (Phi) is 3.11. The van der Waals surface area contributed by atoms with Crippen LogP contribution in [0.2, 0.25) is 0 Å². The molecule has 1 aliphatic rings. The van der Waals surface area contributed by atoms with Gasteiger partial charge in [0.2, 0.25) is 5.91 Å². The number of nitrogens with zero attached hydrogens (tertiary/aromatic N) is 1. The Hall–Kier alpha value is -1.49. The number of hydrogen-bond donors (Lipinski definition) is 2. The van der Waals surface area contributed by atoms with Crippen molar-refractivity contribution in [2.45, 2.75) is 18.9 Å². The SMILES string of the molecule is CC1(c2cccc(C(N)=O)c2)CCSC(N)=N1. The standard InChI is InChI=1S/C12H15N3OS/c1-12(5-6-17-11(14)15-12)9-4-2-3-8(7-9)10(13)16/h2-4,7H,5-6H2,1H3,(H2,13,16)(H2,14,15). The number of benzene rings is 1. The predicted molar refractivity (Wildman–Crippen MR) is 71.0 cm³/mol. The molecule has 0 aromatic heterocycles. The Morgan fingerprint density at radius 2 is 2.29 bits per heavy atom. The quantitative estimate of drug-likeness (QED) is 0.832. The first-order valence-corrected chi connectivity index (χ1v) is 6.38. The van der Waals surface area contributed by atoms with Gasteiger partial charge in [-0.15, -0.1) is 0 Å². The van der Waals surface area contributed by atoms with Gasteiger partial charge >= 0.3 is 0 Å². The van der Waals surface area contributed by atoms with E-state index in [2.05, 4.69) is 4.99 Å². The molecule has 1 aromatic carbocycles. The van der Waals surface area contributed by atoms with Crippen molar-refractivity contribution in [1.82, 2.24) is 0 Å². The van der Waals surface area contributed by atoms with Crippen LogP contribution in [0.15, 0.2) is 29.3 Å². The van der Waals surface area contributed by atoms with Gasteiger partial charge in [0.1, 0.15) is 0 Å².